The Bertz CT molecular complexity index is 904. The lowest BCUT2D eigenvalue weighted by molar-refractivity contribution is 0.102. The highest BCUT2D eigenvalue weighted by Crippen LogP contribution is 2.12. The molecule has 0 saturated heterocycles. The van der Waals surface area contributed by atoms with Gasteiger partial charge >= 0.3 is 5.69 Å². The molecule has 0 aliphatic heterocycles. The van der Waals surface area contributed by atoms with Gasteiger partial charge in [0.2, 0.25) is 11.9 Å². The zero-order valence-corrected chi connectivity index (χ0v) is 12.9. The molecule has 1 heterocycles. The number of nitrogens with one attached hydrogen (secondary N) is 3. The van der Waals surface area contributed by atoms with Crippen molar-refractivity contribution in [1.29, 1.82) is 0 Å². The highest BCUT2D eigenvalue weighted by Gasteiger charge is 2.09. The summed E-state index contributed by atoms with van der Waals surface area (Å²) in [4.78, 5) is 34.1. The summed E-state index contributed by atoms with van der Waals surface area (Å²) in [5.41, 5.74) is 1.65. The van der Waals surface area contributed by atoms with E-state index < -0.39 is 5.69 Å². The lowest BCUT2D eigenvalue weighted by atomic mass is 10.1. The third-order valence-electron chi connectivity index (χ3n) is 3.23. The van der Waals surface area contributed by atoms with E-state index in [0.717, 1.165) is 11.3 Å². The maximum absolute atomic E-state index is 12.2. The van der Waals surface area contributed by atoms with E-state index in [1.165, 1.54) is 0 Å². The molecular weight excluding hydrogens is 306 g/mol. The summed E-state index contributed by atoms with van der Waals surface area (Å²) in [7, 11) is 0. The number of aromatic amines is 1. The van der Waals surface area contributed by atoms with E-state index in [0.29, 0.717) is 5.56 Å². The van der Waals surface area contributed by atoms with Crippen molar-refractivity contribution in [3.63, 3.8) is 0 Å². The third kappa shape index (κ3) is 3.83. The Morgan fingerprint density at radius 2 is 1.71 bits per heavy atom. The number of carbonyl (C=O) groups is 1. The molecule has 0 fully saturated rings. The first-order chi connectivity index (χ1) is 11.6. The van der Waals surface area contributed by atoms with Crippen LogP contribution in [0, 0.1) is 6.92 Å². The number of carbonyl (C=O) groups excluding carboxylic acids is 1. The SMILES string of the molecule is Cc1ccc(C(=O)Nc2nc(Nc3ccccc3)[nH]c(=O)n2)cc1. The Kier molecular flexibility index (Phi) is 4.33. The molecule has 0 spiro atoms. The van der Waals surface area contributed by atoms with Crippen molar-refractivity contribution < 1.29 is 4.79 Å². The summed E-state index contributed by atoms with van der Waals surface area (Å²) in [6, 6.07) is 16.3. The summed E-state index contributed by atoms with van der Waals surface area (Å²) < 4.78 is 0. The summed E-state index contributed by atoms with van der Waals surface area (Å²) >= 11 is 0. The zero-order valence-electron chi connectivity index (χ0n) is 12.9. The summed E-state index contributed by atoms with van der Waals surface area (Å²) in [5.74, 6) is -0.255. The van der Waals surface area contributed by atoms with Gasteiger partial charge in [0.1, 0.15) is 0 Å². The second-order valence-corrected chi connectivity index (χ2v) is 5.14. The molecule has 7 heteroatoms. The molecule has 1 aromatic heterocycles. The highest BCUT2D eigenvalue weighted by atomic mass is 16.2. The van der Waals surface area contributed by atoms with Gasteiger partial charge in [0.15, 0.2) is 0 Å². The lowest BCUT2D eigenvalue weighted by Crippen LogP contribution is -2.21. The first-order valence-corrected chi connectivity index (χ1v) is 7.28. The predicted octanol–water partition coefficient (Wildman–Crippen LogP) is 2.47. The molecule has 0 radical (unpaired) electrons. The monoisotopic (exact) mass is 321 g/mol. The Balaban J connectivity index is 1.79. The van der Waals surface area contributed by atoms with Crippen LogP contribution in [0.5, 0.6) is 0 Å². The van der Waals surface area contributed by atoms with Gasteiger partial charge in [0, 0.05) is 11.3 Å². The molecule has 0 saturated carbocycles. The van der Waals surface area contributed by atoms with E-state index in [1.807, 2.05) is 49.4 Å². The van der Waals surface area contributed by atoms with E-state index in [4.69, 9.17) is 0 Å². The normalized spacial score (nSPS) is 10.2. The van der Waals surface area contributed by atoms with Crippen LogP contribution >= 0.6 is 0 Å². The molecule has 120 valence electrons. The minimum absolute atomic E-state index is 0.0669. The minimum atomic E-state index is -0.609. The molecule has 2 aromatic carbocycles. The van der Waals surface area contributed by atoms with Crippen LogP contribution in [-0.4, -0.2) is 20.9 Å². The van der Waals surface area contributed by atoms with Crippen LogP contribution in [0.1, 0.15) is 15.9 Å². The van der Waals surface area contributed by atoms with Gasteiger partial charge < -0.3 is 5.32 Å². The van der Waals surface area contributed by atoms with Crippen LogP contribution < -0.4 is 16.3 Å². The number of para-hydroxylation sites is 1. The standard InChI is InChI=1S/C17H15N5O2/c1-11-7-9-12(10-8-11)14(23)19-16-20-15(21-17(24)22-16)18-13-5-3-2-4-6-13/h2-10H,1H3,(H3,18,19,20,21,22,23,24). The maximum atomic E-state index is 12.2. The number of aromatic nitrogens is 3. The fourth-order valence-electron chi connectivity index (χ4n) is 2.04. The fraction of sp³-hybridized carbons (Fsp3) is 0.0588. The molecule has 7 nitrogen and oxygen atoms in total. The Morgan fingerprint density at radius 3 is 2.42 bits per heavy atom. The van der Waals surface area contributed by atoms with Gasteiger partial charge in [-0.2, -0.15) is 9.97 Å². The topological polar surface area (TPSA) is 99.8 Å². The molecule has 24 heavy (non-hydrogen) atoms. The summed E-state index contributed by atoms with van der Waals surface area (Å²) in [5, 5.41) is 5.47. The number of rotatable bonds is 4. The van der Waals surface area contributed by atoms with Crippen LogP contribution in [-0.2, 0) is 0 Å². The van der Waals surface area contributed by atoms with Crippen LogP contribution in [0.15, 0.2) is 59.4 Å². The van der Waals surface area contributed by atoms with Crippen molar-refractivity contribution in [1.82, 2.24) is 15.0 Å². The van der Waals surface area contributed by atoms with E-state index in [1.54, 1.807) is 12.1 Å². The van der Waals surface area contributed by atoms with Crippen molar-refractivity contribution in [2.45, 2.75) is 6.92 Å². The second kappa shape index (κ2) is 6.74. The van der Waals surface area contributed by atoms with Gasteiger partial charge in [0.25, 0.3) is 5.91 Å². The molecule has 3 rings (SSSR count). The Hall–Kier alpha value is -3.48. The van der Waals surface area contributed by atoms with Crippen LogP contribution in [0.2, 0.25) is 0 Å². The number of hydrogen-bond acceptors (Lipinski definition) is 5. The molecule has 3 aromatic rings. The molecule has 0 aliphatic carbocycles. The molecule has 3 N–H and O–H groups in total. The van der Waals surface area contributed by atoms with E-state index in [9.17, 15) is 9.59 Å². The van der Waals surface area contributed by atoms with E-state index >= 15 is 0 Å². The first kappa shape index (κ1) is 15.4. The number of nitrogens with zero attached hydrogens (tertiary/aromatic N) is 2. The van der Waals surface area contributed by atoms with Gasteiger partial charge in [-0.25, -0.2) is 4.79 Å². The molecule has 0 atom stereocenters. The van der Waals surface area contributed by atoms with Crippen LogP contribution in [0.3, 0.4) is 0 Å². The molecule has 0 aliphatic rings. The van der Waals surface area contributed by atoms with Crippen LogP contribution in [0.4, 0.5) is 17.6 Å². The number of H-pyrrole nitrogens is 1. The van der Waals surface area contributed by atoms with Gasteiger partial charge in [-0.05, 0) is 31.2 Å². The molecule has 0 bridgehead atoms. The molecule has 0 unspecified atom stereocenters. The first-order valence-electron chi connectivity index (χ1n) is 7.28. The average molecular weight is 321 g/mol. The summed E-state index contributed by atoms with van der Waals surface area (Å²) in [6.45, 7) is 1.93. The average Bonchev–Trinajstić information content (AvgIpc) is 2.55. The van der Waals surface area contributed by atoms with Gasteiger partial charge in [0.05, 0.1) is 0 Å². The van der Waals surface area contributed by atoms with Crippen molar-refractivity contribution in [2.75, 3.05) is 10.6 Å². The highest BCUT2D eigenvalue weighted by molar-refractivity contribution is 6.03. The number of aryl methyl sites for hydroxylation is 1. The van der Waals surface area contributed by atoms with Crippen molar-refractivity contribution >= 4 is 23.5 Å². The Morgan fingerprint density at radius 1 is 1.00 bits per heavy atom. The van der Waals surface area contributed by atoms with Gasteiger partial charge in [-0.15, -0.1) is 0 Å². The lowest BCUT2D eigenvalue weighted by Gasteiger charge is -2.07. The van der Waals surface area contributed by atoms with Crippen LogP contribution in [0.25, 0.3) is 0 Å². The minimum Gasteiger partial charge on any atom is -0.326 e. The quantitative estimate of drug-likeness (QED) is 0.685. The number of amides is 1. The van der Waals surface area contributed by atoms with Crippen molar-refractivity contribution in [3.05, 3.63) is 76.2 Å². The Labute approximate surface area is 137 Å². The zero-order chi connectivity index (χ0) is 16.9. The van der Waals surface area contributed by atoms with Crippen molar-refractivity contribution in [2.24, 2.45) is 0 Å². The molecule has 1 amide bonds. The van der Waals surface area contributed by atoms with Gasteiger partial charge in [-0.1, -0.05) is 35.9 Å². The predicted molar refractivity (Wildman–Crippen MR) is 91.5 cm³/mol. The third-order valence-corrected chi connectivity index (χ3v) is 3.23. The van der Waals surface area contributed by atoms with E-state index in [2.05, 4.69) is 25.6 Å². The number of anilines is 3. The maximum Gasteiger partial charge on any atom is 0.351 e. The number of hydrogen-bond donors (Lipinski definition) is 3. The fourth-order valence-corrected chi connectivity index (χ4v) is 2.04. The smallest absolute Gasteiger partial charge is 0.326 e. The summed E-state index contributed by atoms with van der Waals surface area (Å²) in [6.07, 6.45) is 0. The van der Waals surface area contributed by atoms with Crippen molar-refractivity contribution in [3.8, 4) is 0 Å². The number of benzene rings is 2. The largest absolute Gasteiger partial charge is 0.351 e. The van der Waals surface area contributed by atoms with E-state index in [-0.39, 0.29) is 17.8 Å². The second-order valence-electron chi connectivity index (χ2n) is 5.14. The molecular formula is C17H15N5O2. The van der Waals surface area contributed by atoms with Gasteiger partial charge in [-0.3, -0.25) is 15.1 Å².